The molecule has 1 aromatic rings. The summed E-state index contributed by atoms with van der Waals surface area (Å²) in [7, 11) is 3.65. The van der Waals surface area contributed by atoms with Gasteiger partial charge in [0.05, 0.1) is 5.92 Å². The van der Waals surface area contributed by atoms with Gasteiger partial charge in [-0.05, 0) is 69.4 Å². The summed E-state index contributed by atoms with van der Waals surface area (Å²) in [5.41, 5.74) is 1.34. The van der Waals surface area contributed by atoms with Crippen LogP contribution in [0.3, 0.4) is 0 Å². The van der Waals surface area contributed by atoms with Crippen molar-refractivity contribution in [3.05, 3.63) is 30.1 Å². The van der Waals surface area contributed by atoms with Crippen molar-refractivity contribution in [1.82, 2.24) is 19.7 Å². The number of likely N-dealkylation sites (tertiary alicyclic amines) is 2. The molecule has 2 saturated heterocycles. The second-order valence-electron chi connectivity index (χ2n) is 8.30. The second kappa shape index (κ2) is 10.9. The van der Waals surface area contributed by atoms with Crippen molar-refractivity contribution < 1.29 is 9.53 Å². The van der Waals surface area contributed by atoms with Gasteiger partial charge >= 0.3 is 0 Å². The molecule has 28 heavy (non-hydrogen) atoms. The van der Waals surface area contributed by atoms with Gasteiger partial charge in [0.2, 0.25) is 5.91 Å². The molecule has 0 spiro atoms. The molecule has 2 aliphatic rings. The maximum Gasteiger partial charge on any atom is 0.226 e. The molecule has 156 valence electrons. The Morgan fingerprint density at radius 3 is 2.68 bits per heavy atom. The molecule has 0 aromatic carbocycles. The fraction of sp³-hybridized carbons (Fsp3) is 0.727. The fourth-order valence-electron chi connectivity index (χ4n) is 4.60. The highest BCUT2D eigenvalue weighted by Gasteiger charge is 2.32. The zero-order valence-corrected chi connectivity index (χ0v) is 17.6. The van der Waals surface area contributed by atoms with E-state index in [1.807, 2.05) is 24.3 Å². The number of amides is 1. The standard InChI is InChI=1S/C22H36N4O2/c1-24(12-4-16-28-2)22(27)20-5-3-13-26(18-20)21-8-14-25(15-9-21)17-19-6-10-23-11-7-19/h6-7,10-11,20-21H,3-5,8-9,12-18H2,1-2H3. The van der Waals surface area contributed by atoms with Gasteiger partial charge in [0.15, 0.2) is 0 Å². The number of hydrogen-bond acceptors (Lipinski definition) is 5. The molecule has 1 unspecified atom stereocenters. The highest BCUT2D eigenvalue weighted by molar-refractivity contribution is 5.78. The smallest absolute Gasteiger partial charge is 0.226 e. The molecule has 2 fully saturated rings. The molecule has 6 heteroatoms. The molecule has 0 saturated carbocycles. The van der Waals surface area contributed by atoms with Gasteiger partial charge in [-0.1, -0.05) is 0 Å². The molecule has 1 atom stereocenters. The molecular formula is C22H36N4O2. The lowest BCUT2D eigenvalue weighted by Gasteiger charge is -2.42. The van der Waals surface area contributed by atoms with E-state index in [0.717, 1.165) is 58.5 Å². The lowest BCUT2D eigenvalue weighted by Crippen LogP contribution is -2.50. The van der Waals surface area contributed by atoms with Crippen LogP contribution in [0.2, 0.25) is 0 Å². The maximum atomic E-state index is 12.8. The number of piperidine rings is 2. The van der Waals surface area contributed by atoms with Crippen molar-refractivity contribution in [2.45, 2.75) is 44.7 Å². The van der Waals surface area contributed by atoms with Crippen LogP contribution in [0.4, 0.5) is 0 Å². The van der Waals surface area contributed by atoms with E-state index in [0.29, 0.717) is 18.6 Å². The molecule has 2 aliphatic heterocycles. The van der Waals surface area contributed by atoms with Crippen LogP contribution < -0.4 is 0 Å². The topological polar surface area (TPSA) is 48.9 Å². The first-order valence-corrected chi connectivity index (χ1v) is 10.8. The first-order chi connectivity index (χ1) is 13.7. The van der Waals surface area contributed by atoms with E-state index in [9.17, 15) is 4.79 Å². The predicted molar refractivity (Wildman–Crippen MR) is 111 cm³/mol. The van der Waals surface area contributed by atoms with Gasteiger partial charge in [0, 0.05) is 58.8 Å². The lowest BCUT2D eigenvalue weighted by atomic mass is 9.93. The zero-order valence-electron chi connectivity index (χ0n) is 17.6. The van der Waals surface area contributed by atoms with Crippen LogP contribution in [0.5, 0.6) is 0 Å². The Labute approximate surface area is 169 Å². The summed E-state index contributed by atoms with van der Waals surface area (Å²) in [6.45, 7) is 6.87. The van der Waals surface area contributed by atoms with E-state index >= 15 is 0 Å². The number of carbonyl (C=O) groups is 1. The van der Waals surface area contributed by atoms with Gasteiger partial charge in [-0.3, -0.25) is 19.6 Å². The Bertz CT molecular complexity index is 589. The van der Waals surface area contributed by atoms with Gasteiger partial charge < -0.3 is 9.64 Å². The predicted octanol–water partition coefficient (Wildman–Crippen LogP) is 2.25. The molecule has 0 radical (unpaired) electrons. The minimum absolute atomic E-state index is 0.163. The van der Waals surface area contributed by atoms with Crippen molar-refractivity contribution >= 4 is 5.91 Å². The van der Waals surface area contributed by atoms with Crippen molar-refractivity contribution in [3.8, 4) is 0 Å². The summed E-state index contributed by atoms with van der Waals surface area (Å²) < 4.78 is 5.11. The molecular weight excluding hydrogens is 352 g/mol. The number of aromatic nitrogens is 1. The number of rotatable bonds is 8. The van der Waals surface area contributed by atoms with Gasteiger partial charge in [-0.25, -0.2) is 0 Å². The first-order valence-electron chi connectivity index (χ1n) is 10.8. The Kier molecular flexibility index (Phi) is 8.25. The largest absolute Gasteiger partial charge is 0.385 e. The number of methoxy groups -OCH3 is 1. The number of carbonyl (C=O) groups excluding carboxylic acids is 1. The number of hydrogen-bond donors (Lipinski definition) is 0. The van der Waals surface area contributed by atoms with Crippen molar-refractivity contribution in [1.29, 1.82) is 0 Å². The van der Waals surface area contributed by atoms with Crippen LogP contribution in [-0.2, 0) is 16.1 Å². The highest BCUT2D eigenvalue weighted by Crippen LogP contribution is 2.25. The fourth-order valence-corrected chi connectivity index (χ4v) is 4.60. The van der Waals surface area contributed by atoms with Crippen LogP contribution in [0, 0.1) is 5.92 Å². The summed E-state index contributed by atoms with van der Waals surface area (Å²) in [6, 6.07) is 4.84. The molecule has 1 amide bonds. The quantitative estimate of drug-likeness (QED) is 0.640. The Hall–Kier alpha value is -1.50. The third-order valence-electron chi connectivity index (χ3n) is 6.25. The van der Waals surface area contributed by atoms with E-state index in [-0.39, 0.29) is 5.92 Å². The van der Waals surface area contributed by atoms with E-state index in [2.05, 4.69) is 26.9 Å². The molecule has 3 heterocycles. The van der Waals surface area contributed by atoms with Crippen molar-refractivity contribution in [3.63, 3.8) is 0 Å². The van der Waals surface area contributed by atoms with E-state index in [1.54, 1.807) is 7.11 Å². The lowest BCUT2D eigenvalue weighted by molar-refractivity contribution is -0.136. The summed E-state index contributed by atoms with van der Waals surface area (Å²) >= 11 is 0. The normalized spacial score (nSPS) is 22.3. The minimum atomic E-state index is 0.163. The van der Waals surface area contributed by atoms with Crippen LogP contribution in [-0.4, -0.2) is 85.1 Å². The third-order valence-corrected chi connectivity index (χ3v) is 6.25. The molecule has 3 rings (SSSR count). The van der Waals surface area contributed by atoms with Crippen LogP contribution in [0.15, 0.2) is 24.5 Å². The third kappa shape index (κ3) is 6.00. The first kappa shape index (κ1) is 21.2. The summed E-state index contributed by atoms with van der Waals surface area (Å²) in [4.78, 5) is 24.0. The van der Waals surface area contributed by atoms with Crippen LogP contribution in [0.25, 0.3) is 0 Å². The van der Waals surface area contributed by atoms with Gasteiger partial charge in [0.1, 0.15) is 0 Å². The Morgan fingerprint density at radius 1 is 1.21 bits per heavy atom. The minimum Gasteiger partial charge on any atom is -0.385 e. The van der Waals surface area contributed by atoms with Crippen molar-refractivity contribution in [2.75, 3.05) is 53.5 Å². The van der Waals surface area contributed by atoms with Crippen molar-refractivity contribution in [2.24, 2.45) is 5.92 Å². The summed E-state index contributed by atoms with van der Waals surface area (Å²) in [5.74, 6) is 0.479. The molecule has 1 aromatic heterocycles. The molecule has 0 aliphatic carbocycles. The SMILES string of the molecule is COCCCN(C)C(=O)C1CCCN(C2CCN(Cc3ccncc3)CC2)C1. The van der Waals surface area contributed by atoms with E-state index < -0.39 is 0 Å². The molecule has 0 N–H and O–H groups in total. The Balaban J connectivity index is 1.44. The monoisotopic (exact) mass is 388 g/mol. The zero-order chi connectivity index (χ0) is 19.8. The average molecular weight is 389 g/mol. The molecule has 6 nitrogen and oxygen atoms in total. The van der Waals surface area contributed by atoms with Crippen LogP contribution in [0.1, 0.15) is 37.7 Å². The van der Waals surface area contributed by atoms with E-state index in [1.165, 1.54) is 18.4 Å². The van der Waals surface area contributed by atoms with Gasteiger partial charge in [-0.15, -0.1) is 0 Å². The summed E-state index contributed by atoms with van der Waals surface area (Å²) in [6.07, 6.45) is 9.24. The van der Waals surface area contributed by atoms with E-state index in [4.69, 9.17) is 4.74 Å². The van der Waals surface area contributed by atoms with Gasteiger partial charge in [-0.2, -0.15) is 0 Å². The highest BCUT2D eigenvalue weighted by atomic mass is 16.5. The number of ether oxygens (including phenoxy) is 1. The average Bonchev–Trinajstić information content (AvgIpc) is 2.74. The molecule has 0 bridgehead atoms. The number of nitrogens with zero attached hydrogens (tertiary/aromatic N) is 4. The van der Waals surface area contributed by atoms with Gasteiger partial charge in [0.25, 0.3) is 0 Å². The summed E-state index contributed by atoms with van der Waals surface area (Å²) in [5, 5.41) is 0. The van der Waals surface area contributed by atoms with Crippen LogP contribution >= 0.6 is 0 Å². The Morgan fingerprint density at radius 2 is 1.96 bits per heavy atom. The second-order valence-corrected chi connectivity index (χ2v) is 8.30. The number of pyridine rings is 1. The maximum absolute atomic E-state index is 12.8.